The second-order valence-corrected chi connectivity index (χ2v) is 4.55. The molecule has 4 heteroatoms. The van der Waals surface area contributed by atoms with E-state index in [2.05, 4.69) is 4.90 Å². The van der Waals surface area contributed by atoms with Gasteiger partial charge in [0.05, 0.1) is 6.61 Å². The Balaban J connectivity index is 2.22. The first kappa shape index (κ1) is 13.3. The summed E-state index contributed by atoms with van der Waals surface area (Å²) < 4.78 is 5.56. The Morgan fingerprint density at radius 2 is 1.94 bits per heavy atom. The molecule has 0 saturated carbocycles. The molecule has 1 atom stereocenters. The average Bonchev–Trinajstić information content (AvgIpc) is 2.20. The average molecular weight is 243 g/mol. The van der Waals surface area contributed by atoms with Gasteiger partial charge in [-0.1, -0.05) is 11.6 Å². The van der Waals surface area contributed by atoms with Crippen molar-refractivity contribution >= 4 is 11.6 Å². The quantitative estimate of drug-likeness (QED) is 0.829. The summed E-state index contributed by atoms with van der Waals surface area (Å²) in [6.07, 6.45) is 0.848. The Labute approximate surface area is 102 Å². The summed E-state index contributed by atoms with van der Waals surface area (Å²) in [6, 6.07) is 7.51. The van der Waals surface area contributed by atoms with Gasteiger partial charge in [-0.2, -0.15) is 0 Å². The minimum Gasteiger partial charge on any atom is -0.494 e. The molecule has 0 spiro atoms. The third-order valence-corrected chi connectivity index (χ3v) is 2.42. The van der Waals surface area contributed by atoms with Crippen molar-refractivity contribution < 1.29 is 4.74 Å². The number of ether oxygens (including phenoxy) is 1. The summed E-state index contributed by atoms with van der Waals surface area (Å²) in [4.78, 5) is 2.08. The van der Waals surface area contributed by atoms with Gasteiger partial charge in [-0.3, -0.25) is 0 Å². The van der Waals surface area contributed by atoms with Crippen LogP contribution in [0.4, 0.5) is 0 Å². The van der Waals surface area contributed by atoms with Crippen LogP contribution in [0.5, 0.6) is 5.75 Å². The molecule has 0 saturated heterocycles. The van der Waals surface area contributed by atoms with Crippen molar-refractivity contribution in [2.24, 2.45) is 5.73 Å². The first-order valence-electron chi connectivity index (χ1n) is 5.36. The Kier molecular flexibility index (Phi) is 5.60. The number of hydrogen-bond acceptors (Lipinski definition) is 3. The minimum atomic E-state index is 0.155. The van der Waals surface area contributed by atoms with Crippen molar-refractivity contribution in [2.45, 2.75) is 12.5 Å². The second-order valence-electron chi connectivity index (χ2n) is 4.11. The number of likely N-dealkylation sites (N-methyl/N-ethyl adjacent to an activating group) is 1. The molecule has 1 aromatic rings. The molecule has 0 fully saturated rings. The standard InChI is InChI=1S/C12H19ClN2O/c1-15(2)9-11(14)7-8-16-12-5-3-10(13)4-6-12/h3-6,11H,7-9,14H2,1-2H3. The maximum absolute atomic E-state index is 5.92. The monoisotopic (exact) mass is 242 g/mol. The number of hydrogen-bond donors (Lipinski definition) is 1. The van der Waals surface area contributed by atoms with Gasteiger partial charge in [0.15, 0.2) is 0 Å². The van der Waals surface area contributed by atoms with Crippen LogP contribution in [0, 0.1) is 0 Å². The normalized spacial score (nSPS) is 12.8. The minimum absolute atomic E-state index is 0.155. The van der Waals surface area contributed by atoms with Crippen molar-refractivity contribution in [3.05, 3.63) is 29.3 Å². The summed E-state index contributed by atoms with van der Waals surface area (Å²) in [6.45, 7) is 1.51. The molecule has 0 amide bonds. The van der Waals surface area contributed by atoms with Crippen LogP contribution in [0.15, 0.2) is 24.3 Å². The fourth-order valence-electron chi connectivity index (χ4n) is 1.42. The van der Waals surface area contributed by atoms with Gasteiger partial charge < -0.3 is 15.4 Å². The van der Waals surface area contributed by atoms with Gasteiger partial charge in [0.25, 0.3) is 0 Å². The second kappa shape index (κ2) is 6.74. The van der Waals surface area contributed by atoms with E-state index in [9.17, 15) is 0 Å². The van der Waals surface area contributed by atoms with E-state index in [1.54, 1.807) is 0 Å². The molecule has 0 aliphatic carbocycles. The van der Waals surface area contributed by atoms with Crippen LogP contribution in [0.1, 0.15) is 6.42 Å². The third kappa shape index (κ3) is 5.35. The van der Waals surface area contributed by atoms with Gasteiger partial charge in [-0.25, -0.2) is 0 Å². The molecule has 16 heavy (non-hydrogen) atoms. The Hall–Kier alpha value is -0.770. The van der Waals surface area contributed by atoms with Crippen molar-refractivity contribution in [3.8, 4) is 5.75 Å². The largest absolute Gasteiger partial charge is 0.494 e. The summed E-state index contributed by atoms with van der Waals surface area (Å²) in [7, 11) is 4.03. The molecular weight excluding hydrogens is 224 g/mol. The van der Waals surface area contributed by atoms with Gasteiger partial charge in [-0.05, 0) is 44.8 Å². The summed E-state index contributed by atoms with van der Waals surface area (Å²) in [5.74, 6) is 0.835. The van der Waals surface area contributed by atoms with Crippen molar-refractivity contribution in [2.75, 3.05) is 27.2 Å². The van der Waals surface area contributed by atoms with E-state index >= 15 is 0 Å². The Morgan fingerprint density at radius 3 is 2.50 bits per heavy atom. The van der Waals surface area contributed by atoms with Gasteiger partial charge in [0, 0.05) is 17.6 Å². The van der Waals surface area contributed by atoms with Crippen LogP contribution >= 0.6 is 11.6 Å². The smallest absolute Gasteiger partial charge is 0.119 e. The fraction of sp³-hybridized carbons (Fsp3) is 0.500. The first-order chi connectivity index (χ1) is 7.58. The van der Waals surface area contributed by atoms with Crippen LogP contribution < -0.4 is 10.5 Å². The van der Waals surface area contributed by atoms with Crippen LogP contribution in [-0.2, 0) is 0 Å². The highest BCUT2D eigenvalue weighted by Gasteiger charge is 2.04. The summed E-state index contributed by atoms with van der Waals surface area (Å²) >= 11 is 5.77. The summed E-state index contributed by atoms with van der Waals surface area (Å²) in [5.41, 5.74) is 5.92. The first-order valence-corrected chi connectivity index (χ1v) is 5.74. The number of nitrogens with zero attached hydrogens (tertiary/aromatic N) is 1. The fourth-order valence-corrected chi connectivity index (χ4v) is 1.55. The van der Waals surface area contributed by atoms with Gasteiger partial charge in [0.1, 0.15) is 5.75 Å². The summed E-state index contributed by atoms with van der Waals surface area (Å²) in [5, 5.41) is 0.719. The predicted octanol–water partition coefficient (Wildman–Crippen LogP) is 2.00. The Bertz CT molecular complexity index is 300. The molecule has 0 aromatic heterocycles. The number of rotatable bonds is 6. The van der Waals surface area contributed by atoms with Crippen LogP contribution in [0.2, 0.25) is 5.02 Å². The van der Waals surface area contributed by atoms with E-state index in [1.807, 2.05) is 38.4 Å². The molecule has 0 bridgehead atoms. The van der Waals surface area contributed by atoms with Gasteiger partial charge in [0.2, 0.25) is 0 Å². The van der Waals surface area contributed by atoms with E-state index in [4.69, 9.17) is 22.1 Å². The van der Waals surface area contributed by atoms with Crippen LogP contribution in [0.3, 0.4) is 0 Å². The van der Waals surface area contributed by atoms with Gasteiger partial charge >= 0.3 is 0 Å². The number of nitrogens with two attached hydrogens (primary N) is 1. The molecule has 0 heterocycles. The third-order valence-electron chi connectivity index (χ3n) is 2.17. The topological polar surface area (TPSA) is 38.5 Å². The molecule has 0 aliphatic rings. The molecule has 1 unspecified atom stereocenters. The van der Waals surface area contributed by atoms with E-state index in [-0.39, 0.29) is 6.04 Å². The SMILES string of the molecule is CN(C)CC(N)CCOc1ccc(Cl)cc1. The predicted molar refractivity (Wildman–Crippen MR) is 68.1 cm³/mol. The molecule has 1 rings (SSSR count). The molecule has 3 nitrogen and oxygen atoms in total. The highest BCUT2D eigenvalue weighted by molar-refractivity contribution is 6.30. The molecular formula is C12H19ClN2O. The zero-order valence-corrected chi connectivity index (χ0v) is 10.6. The number of halogens is 1. The molecule has 1 aromatic carbocycles. The lowest BCUT2D eigenvalue weighted by atomic mass is 10.2. The lowest BCUT2D eigenvalue weighted by molar-refractivity contribution is 0.277. The zero-order valence-electron chi connectivity index (χ0n) is 9.82. The van der Waals surface area contributed by atoms with Crippen molar-refractivity contribution in [3.63, 3.8) is 0 Å². The highest BCUT2D eigenvalue weighted by atomic mass is 35.5. The lowest BCUT2D eigenvalue weighted by Gasteiger charge is -2.16. The molecule has 90 valence electrons. The van der Waals surface area contributed by atoms with Gasteiger partial charge in [-0.15, -0.1) is 0 Å². The van der Waals surface area contributed by atoms with E-state index in [0.29, 0.717) is 6.61 Å². The zero-order chi connectivity index (χ0) is 12.0. The maximum Gasteiger partial charge on any atom is 0.119 e. The van der Waals surface area contributed by atoms with Crippen molar-refractivity contribution in [1.82, 2.24) is 4.90 Å². The van der Waals surface area contributed by atoms with E-state index in [0.717, 1.165) is 23.7 Å². The van der Waals surface area contributed by atoms with E-state index in [1.165, 1.54) is 0 Å². The van der Waals surface area contributed by atoms with Crippen molar-refractivity contribution in [1.29, 1.82) is 0 Å². The van der Waals surface area contributed by atoms with Crippen LogP contribution in [0.25, 0.3) is 0 Å². The lowest BCUT2D eigenvalue weighted by Crippen LogP contribution is -2.34. The molecule has 2 N–H and O–H groups in total. The maximum atomic E-state index is 5.92. The van der Waals surface area contributed by atoms with E-state index < -0.39 is 0 Å². The Morgan fingerprint density at radius 1 is 1.31 bits per heavy atom. The number of benzene rings is 1. The highest BCUT2D eigenvalue weighted by Crippen LogP contribution is 2.15. The molecule has 0 radical (unpaired) electrons. The van der Waals surface area contributed by atoms with Crippen LogP contribution in [-0.4, -0.2) is 38.2 Å². The molecule has 0 aliphatic heterocycles.